The monoisotopic (exact) mass is 471 g/mol. The number of carbonyl (C=O) groups excluding carboxylic acids is 2. The van der Waals surface area contributed by atoms with Gasteiger partial charge in [0, 0.05) is 29.4 Å². The van der Waals surface area contributed by atoms with Crippen molar-refractivity contribution in [2.45, 2.75) is 37.3 Å². The zero-order chi connectivity index (χ0) is 21.2. The van der Waals surface area contributed by atoms with Crippen LogP contribution in [0.2, 0.25) is 0 Å². The first-order valence-corrected chi connectivity index (χ1v) is 10.6. The van der Waals surface area contributed by atoms with E-state index in [1.165, 1.54) is 0 Å². The van der Waals surface area contributed by atoms with Crippen molar-refractivity contribution < 1.29 is 19.2 Å². The number of nitrogens with one attached hydrogen (secondary N) is 2. The molecule has 2 aromatic carbocycles. The summed E-state index contributed by atoms with van der Waals surface area (Å²) in [6, 6.07) is 16.4. The number of urea groups is 1. The van der Waals surface area contributed by atoms with Gasteiger partial charge in [-0.15, -0.1) is 0 Å². The molecule has 0 aromatic heterocycles. The summed E-state index contributed by atoms with van der Waals surface area (Å²) in [6.07, 6.45) is 1.16. The lowest BCUT2D eigenvalue weighted by Gasteiger charge is -2.50. The maximum atomic E-state index is 12.7. The van der Waals surface area contributed by atoms with Crippen molar-refractivity contribution in [3.05, 3.63) is 64.6 Å². The minimum absolute atomic E-state index is 0.233. The van der Waals surface area contributed by atoms with Gasteiger partial charge in [-0.25, -0.2) is 9.59 Å². The second-order valence-electron chi connectivity index (χ2n) is 7.60. The number of nitrogens with zero attached hydrogens (tertiary/aromatic N) is 1. The van der Waals surface area contributed by atoms with Gasteiger partial charge in [-0.3, -0.25) is 0 Å². The molecule has 0 saturated heterocycles. The molecule has 2 amide bonds. The first-order valence-electron chi connectivity index (χ1n) is 9.76. The largest absolute Gasteiger partial charge is 0.464 e. The first kappa shape index (κ1) is 20.4. The van der Waals surface area contributed by atoms with Gasteiger partial charge < -0.3 is 20.2 Å². The van der Waals surface area contributed by atoms with Gasteiger partial charge in [-0.05, 0) is 36.8 Å². The Hall–Kier alpha value is -2.87. The Bertz CT molecular complexity index is 970. The summed E-state index contributed by atoms with van der Waals surface area (Å²) in [4.78, 5) is 31.0. The van der Waals surface area contributed by atoms with Crippen LogP contribution in [0.15, 0.2) is 64.2 Å². The molecule has 30 heavy (non-hydrogen) atoms. The molecule has 0 unspecified atom stereocenters. The zero-order valence-corrected chi connectivity index (χ0v) is 18.1. The highest BCUT2D eigenvalue weighted by Gasteiger charge is 2.64. The minimum atomic E-state index is -1.14. The molecule has 0 radical (unpaired) electrons. The van der Waals surface area contributed by atoms with Gasteiger partial charge in [0.05, 0.1) is 12.3 Å². The smallest absolute Gasteiger partial charge is 0.332 e. The van der Waals surface area contributed by atoms with Crippen molar-refractivity contribution in [3.8, 4) is 0 Å². The predicted molar refractivity (Wildman–Crippen MR) is 116 cm³/mol. The van der Waals surface area contributed by atoms with Crippen LogP contribution in [-0.2, 0) is 14.4 Å². The molecule has 1 aliphatic carbocycles. The Balaban J connectivity index is 1.44. The van der Waals surface area contributed by atoms with E-state index in [9.17, 15) is 9.59 Å². The van der Waals surface area contributed by atoms with Crippen LogP contribution in [0.5, 0.6) is 0 Å². The Morgan fingerprint density at radius 1 is 1.13 bits per heavy atom. The number of ether oxygens (including phenoxy) is 1. The summed E-state index contributed by atoms with van der Waals surface area (Å²) in [7, 11) is 0. The van der Waals surface area contributed by atoms with Crippen molar-refractivity contribution in [1.29, 1.82) is 0 Å². The lowest BCUT2D eigenvalue weighted by Crippen LogP contribution is -2.70. The number of hydrogen-bond donors (Lipinski definition) is 2. The van der Waals surface area contributed by atoms with E-state index < -0.39 is 23.1 Å². The molecule has 8 heteroatoms. The summed E-state index contributed by atoms with van der Waals surface area (Å²) in [5, 5.41) is 9.81. The number of halogens is 1. The summed E-state index contributed by atoms with van der Waals surface area (Å²) < 4.78 is 6.23. The molecule has 7 nitrogen and oxygen atoms in total. The first-order chi connectivity index (χ1) is 14.4. The number of rotatable bonds is 5. The fraction of sp³-hybridized carbons (Fsp3) is 0.318. The molecule has 156 valence electrons. The lowest BCUT2D eigenvalue weighted by molar-refractivity contribution is -0.177. The van der Waals surface area contributed by atoms with Crippen molar-refractivity contribution in [3.63, 3.8) is 0 Å². The molecule has 0 bridgehead atoms. The fourth-order valence-electron chi connectivity index (χ4n) is 4.01. The molecular weight excluding hydrogens is 450 g/mol. The normalized spacial score (nSPS) is 24.4. The number of para-hydroxylation sites is 1. The van der Waals surface area contributed by atoms with E-state index in [0.29, 0.717) is 24.9 Å². The number of carbonyl (C=O) groups is 2. The maximum absolute atomic E-state index is 12.7. The number of amides is 2. The van der Waals surface area contributed by atoms with E-state index in [0.717, 1.165) is 15.7 Å². The number of oxime groups is 1. The van der Waals surface area contributed by atoms with Crippen molar-refractivity contribution in [1.82, 2.24) is 5.32 Å². The molecule has 1 saturated carbocycles. The van der Waals surface area contributed by atoms with Gasteiger partial charge in [-0.1, -0.05) is 51.4 Å². The molecule has 1 aliphatic heterocycles. The minimum Gasteiger partial charge on any atom is -0.464 e. The Kier molecular flexibility index (Phi) is 5.51. The quantitative estimate of drug-likeness (QED) is 0.638. The molecule has 1 heterocycles. The Labute approximate surface area is 182 Å². The van der Waals surface area contributed by atoms with E-state index in [2.05, 4.69) is 31.7 Å². The predicted octanol–water partition coefficient (Wildman–Crippen LogP) is 4.23. The van der Waals surface area contributed by atoms with Crippen molar-refractivity contribution in [2.75, 3.05) is 11.9 Å². The molecule has 1 fully saturated rings. The Morgan fingerprint density at radius 2 is 1.83 bits per heavy atom. The average Bonchev–Trinajstić information content (AvgIpc) is 3.14. The molecule has 1 spiro atoms. The highest BCUT2D eigenvalue weighted by molar-refractivity contribution is 9.10. The van der Waals surface area contributed by atoms with Crippen LogP contribution in [0.3, 0.4) is 0 Å². The standard InChI is InChI=1S/C22H22BrN3O4/c1-2-29-19(27)22(25-20(28)24-17-6-4-3-5-7-17)13-21(14-22)12-18(26-30-21)15-8-10-16(23)11-9-15/h3-11H,2,12-14H2,1H3,(H2,24,25,28). The van der Waals surface area contributed by atoms with E-state index in [1.807, 2.05) is 42.5 Å². The summed E-state index contributed by atoms with van der Waals surface area (Å²) >= 11 is 3.42. The second-order valence-corrected chi connectivity index (χ2v) is 8.51. The summed E-state index contributed by atoms with van der Waals surface area (Å²) in [6.45, 7) is 1.97. The topological polar surface area (TPSA) is 89.0 Å². The lowest BCUT2D eigenvalue weighted by atomic mass is 9.62. The second kappa shape index (κ2) is 8.10. The SMILES string of the molecule is CCOC(=O)C1(NC(=O)Nc2ccccc2)CC2(CC(c3ccc(Br)cc3)=NO2)C1. The highest BCUT2D eigenvalue weighted by Crippen LogP contribution is 2.50. The summed E-state index contributed by atoms with van der Waals surface area (Å²) in [5.41, 5.74) is 0.683. The van der Waals surface area contributed by atoms with Crippen LogP contribution in [0.25, 0.3) is 0 Å². The van der Waals surface area contributed by atoms with E-state index >= 15 is 0 Å². The number of anilines is 1. The van der Waals surface area contributed by atoms with Gasteiger partial charge >= 0.3 is 12.0 Å². The molecule has 2 N–H and O–H groups in total. The van der Waals surface area contributed by atoms with E-state index in [4.69, 9.17) is 9.57 Å². The molecule has 4 rings (SSSR count). The third-order valence-corrected chi connectivity index (χ3v) is 5.84. The van der Waals surface area contributed by atoms with Crippen LogP contribution in [0, 0.1) is 0 Å². The fourth-order valence-corrected chi connectivity index (χ4v) is 4.27. The van der Waals surface area contributed by atoms with Gasteiger partial charge in [-0.2, -0.15) is 0 Å². The van der Waals surface area contributed by atoms with Crippen LogP contribution in [-0.4, -0.2) is 35.5 Å². The number of benzene rings is 2. The molecule has 2 aliphatic rings. The third-order valence-electron chi connectivity index (χ3n) is 5.32. The third kappa shape index (κ3) is 4.05. The Morgan fingerprint density at radius 3 is 2.50 bits per heavy atom. The van der Waals surface area contributed by atoms with Crippen molar-refractivity contribution in [2.24, 2.45) is 5.16 Å². The van der Waals surface area contributed by atoms with Crippen LogP contribution >= 0.6 is 15.9 Å². The van der Waals surface area contributed by atoms with E-state index in [-0.39, 0.29) is 6.61 Å². The van der Waals surface area contributed by atoms with Gasteiger partial charge in [0.15, 0.2) is 0 Å². The van der Waals surface area contributed by atoms with Crippen LogP contribution < -0.4 is 10.6 Å². The molecular formula is C22H22BrN3O4. The highest BCUT2D eigenvalue weighted by atomic mass is 79.9. The average molecular weight is 472 g/mol. The van der Waals surface area contributed by atoms with Gasteiger partial charge in [0.2, 0.25) is 0 Å². The van der Waals surface area contributed by atoms with Crippen LogP contribution in [0.1, 0.15) is 31.7 Å². The van der Waals surface area contributed by atoms with Crippen LogP contribution in [0.4, 0.5) is 10.5 Å². The van der Waals surface area contributed by atoms with Gasteiger partial charge in [0.1, 0.15) is 11.1 Å². The molecule has 0 atom stereocenters. The van der Waals surface area contributed by atoms with E-state index in [1.54, 1.807) is 19.1 Å². The van der Waals surface area contributed by atoms with Crippen molar-refractivity contribution >= 4 is 39.3 Å². The number of esters is 1. The molecule has 2 aromatic rings. The van der Waals surface area contributed by atoms with Gasteiger partial charge in [0.25, 0.3) is 0 Å². The number of hydrogen-bond acceptors (Lipinski definition) is 5. The summed E-state index contributed by atoms with van der Waals surface area (Å²) in [5.74, 6) is -0.459. The zero-order valence-electron chi connectivity index (χ0n) is 16.5. The maximum Gasteiger partial charge on any atom is 0.332 e.